The highest BCUT2D eigenvalue weighted by Crippen LogP contribution is 2.13. The van der Waals surface area contributed by atoms with Crippen LogP contribution in [0, 0.1) is 5.82 Å². The van der Waals surface area contributed by atoms with Crippen molar-refractivity contribution in [2.45, 2.75) is 6.42 Å². The molecular weight excluding hydrogens is 283 g/mol. The highest BCUT2D eigenvalue weighted by atomic mass is 79.9. The third kappa shape index (κ3) is 3.24. The van der Waals surface area contributed by atoms with Crippen molar-refractivity contribution in [3.63, 3.8) is 0 Å². The van der Waals surface area contributed by atoms with Crippen molar-refractivity contribution in [3.05, 3.63) is 69.9 Å². The Labute approximate surface area is 107 Å². The molecule has 0 fully saturated rings. The van der Waals surface area contributed by atoms with Crippen LogP contribution in [0.25, 0.3) is 0 Å². The van der Waals surface area contributed by atoms with Gasteiger partial charge in [-0.25, -0.2) is 4.39 Å². The lowest BCUT2D eigenvalue weighted by molar-refractivity contribution is 0.0992. The van der Waals surface area contributed by atoms with E-state index in [2.05, 4.69) is 15.9 Å². The van der Waals surface area contributed by atoms with Crippen LogP contribution >= 0.6 is 15.9 Å². The Morgan fingerprint density at radius 1 is 1.12 bits per heavy atom. The molecule has 0 aliphatic carbocycles. The standard InChI is InChI=1S/C14H10BrFO/c15-12-6-4-10(5-7-12)8-14(17)11-2-1-3-13(16)9-11/h1-7,9H,8H2. The summed E-state index contributed by atoms with van der Waals surface area (Å²) in [6, 6.07) is 13.3. The minimum atomic E-state index is -0.383. The van der Waals surface area contributed by atoms with Crippen LogP contribution in [0.5, 0.6) is 0 Å². The van der Waals surface area contributed by atoms with Crippen molar-refractivity contribution in [2.75, 3.05) is 0 Å². The van der Waals surface area contributed by atoms with Gasteiger partial charge in [-0.1, -0.05) is 40.2 Å². The van der Waals surface area contributed by atoms with Crippen LogP contribution in [0.3, 0.4) is 0 Å². The van der Waals surface area contributed by atoms with E-state index in [1.807, 2.05) is 24.3 Å². The van der Waals surface area contributed by atoms with Crippen LogP contribution in [-0.4, -0.2) is 5.78 Å². The quantitative estimate of drug-likeness (QED) is 0.781. The molecule has 0 aliphatic rings. The molecule has 2 rings (SSSR count). The van der Waals surface area contributed by atoms with Crippen molar-refractivity contribution in [1.29, 1.82) is 0 Å². The first kappa shape index (κ1) is 12.0. The SMILES string of the molecule is O=C(Cc1ccc(Br)cc1)c1cccc(F)c1. The molecule has 0 saturated heterocycles. The third-order valence-electron chi connectivity index (χ3n) is 2.42. The molecular formula is C14H10BrFO. The normalized spacial score (nSPS) is 10.2. The summed E-state index contributed by atoms with van der Waals surface area (Å²) in [5.74, 6) is -0.460. The summed E-state index contributed by atoms with van der Waals surface area (Å²) in [6.45, 7) is 0. The van der Waals surface area contributed by atoms with Gasteiger partial charge in [0.25, 0.3) is 0 Å². The molecule has 2 aromatic carbocycles. The van der Waals surface area contributed by atoms with Gasteiger partial charge >= 0.3 is 0 Å². The van der Waals surface area contributed by atoms with E-state index in [4.69, 9.17) is 0 Å². The van der Waals surface area contributed by atoms with Gasteiger partial charge in [0.05, 0.1) is 0 Å². The summed E-state index contributed by atoms with van der Waals surface area (Å²) < 4.78 is 13.9. The molecule has 0 aliphatic heterocycles. The fourth-order valence-corrected chi connectivity index (χ4v) is 1.82. The van der Waals surface area contributed by atoms with Gasteiger partial charge < -0.3 is 0 Å². The van der Waals surface area contributed by atoms with Gasteiger partial charge in [-0.15, -0.1) is 0 Å². The van der Waals surface area contributed by atoms with E-state index in [9.17, 15) is 9.18 Å². The number of hydrogen-bond donors (Lipinski definition) is 0. The Morgan fingerprint density at radius 2 is 1.82 bits per heavy atom. The second kappa shape index (κ2) is 5.23. The van der Waals surface area contributed by atoms with E-state index in [1.165, 1.54) is 12.1 Å². The zero-order valence-corrected chi connectivity index (χ0v) is 10.6. The predicted molar refractivity (Wildman–Crippen MR) is 68.6 cm³/mol. The van der Waals surface area contributed by atoms with Crippen molar-refractivity contribution in [2.24, 2.45) is 0 Å². The Morgan fingerprint density at radius 3 is 2.47 bits per heavy atom. The van der Waals surface area contributed by atoms with Crippen molar-refractivity contribution >= 4 is 21.7 Å². The molecule has 86 valence electrons. The summed E-state index contributed by atoms with van der Waals surface area (Å²) in [6.07, 6.45) is 0.288. The molecule has 0 N–H and O–H groups in total. The number of ketones is 1. The van der Waals surface area contributed by atoms with Crippen molar-refractivity contribution in [3.8, 4) is 0 Å². The van der Waals surface area contributed by atoms with Gasteiger partial charge in [0.1, 0.15) is 5.82 Å². The van der Waals surface area contributed by atoms with E-state index in [1.54, 1.807) is 12.1 Å². The lowest BCUT2D eigenvalue weighted by Gasteiger charge is -2.02. The maximum Gasteiger partial charge on any atom is 0.167 e. The van der Waals surface area contributed by atoms with Crippen LogP contribution in [0.15, 0.2) is 53.0 Å². The number of carbonyl (C=O) groups is 1. The third-order valence-corrected chi connectivity index (χ3v) is 2.95. The maximum atomic E-state index is 13.0. The molecule has 17 heavy (non-hydrogen) atoms. The second-order valence-electron chi connectivity index (χ2n) is 3.74. The number of hydrogen-bond acceptors (Lipinski definition) is 1. The first-order chi connectivity index (χ1) is 8.15. The largest absolute Gasteiger partial charge is 0.294 e. The summed E-state index contributed by atoms with van der Waals surface area (Å²) >= 11 is 3.33. The van der Waals surface area contributed by atoms with E-state index in [-0.39, 0.29) is 18.0 Å². The highest BCUT2D eigenvalue weighted by Gasteiger charge is 2.07. The smallest absolute Gasteiger partial charge is 0.167 e. The molecule has 1 nitrogen and oxygen atoms in total. The number of rotatable bonds is 3. The topological polar surface area (TPSA) is 17.1 Å². The average molecular weight is 293 g/mol. The molecule has 0 radical (unpaired) electrons. The van der Waals surface area contributed by atoms with Crippen LogP contribution in [-0.2, 0) is 6.42 Å². The van der Waals surface area contributed by atoms with Gasteiger partial charge in [-0.3, -0.25) is 4.79 Å². The summed E-state index contributed by atoms with van der Waals surface area (Å²) in [5.41, 5.74) is 1.33. The fourth-order valence-electron chi connectivity index (χ4n) is 1.55. The zero-order chi connectivity index (χ0) is 12.3. The Kier molecular flexibility index (Phi) is 3.69. The molecule has 0 saturated carbocycles. The van der Waals surface area contributed by atoms with Gasteiger partial charge in [0, 0.05) is 16.5 Å². The number of benzene rings is 2. The molecule has 0 bridgehead atoms. The first-order valence-electron chi connectivity index (χ1n) is 5.18. The molecule has 3 heteroatoms. The Balaban J connectivity index is 2.14. The molecule has 0 atom stereocenters. The predicted octanol–water partition coefficient (Wildman–Crippen LogP) is 4.01. The summed E-state index contributed by atoms with van der Waals surface area (Å²) in [7, 11) is 0. The number of halogens is 2. The van der Waals surface area contributed by atoms with Gasteiger partial charge in [-0.2, -0.15) is 0 Å². The lowest BCUT2D eigenvalue weighted by atomic mass is 10.0. The van der Waals surface area contributed by atoms with E-state index in [0.29, 0.717) is 5.56 Å². The molecule has 0 spiro atoms. The van der Waals surface area contributed by atoms with Gasteiger partial charge in [0.2, 0.25) is 0 Å². The van der Waals surface area contributed by atoms with E-state index < -0.39 is 0 Å². The lowest BCUT2D eigenvalue weighted by Crippen LogP contribution is -2.03. The summed E-state index contributed by atoms with van der Waals surface area (Å²) in [5, 5.41) is 0. The Hall–Kier alpha value is -1.48. The molecule has 2 aromatic rings. The maximum absolute atomic E-state index is 13.0. The van der Waals surface area contributed by atoms with E-state index >= 15 is 0 Å². The molecule has 0 unspecified atom stereocenters. The number of Topliss-reactive ketones (excluding diaryl/α,β-unsaturated/α-hetero) is 1. The second-order valence-corrected chi connectivity index (χ2v) is 4.65. The minimum Gasteiger partial charge on any atom is -0.294 e. The zero-order valence-electron chi connectivity index (χ0n) is 8.99. The van der Waals surface area contributed by atoms with Crippen LogP contribution < -0.4 is 0 Å². The number of carbonyl (C=O) groups excluding carboxylic acids is 1. The minimum absolute atomic E-state index is 0.0770. The van der Waals surface area contributed by atoms with Crippen LogP contribution in [0.4, 0.5) is 4.39 Å². The van der Waals surface area contributed by atoms with Gasteiger partial charge in [-0.05, 0) is 29.8 Å². The van der Waals surface area contributed by atoms with Crippen molar-refractivity contribution < 1.29 is 9.18 Å². The van der Waals surface area contributed by atoms with Crippen LogP contribution in [0.2, 0.25) is 0 Å². The molecule has 0 heterocycles. The molecule has 0 aromatic heterocycles. The van der Waals surface area contributed by atoms with Gasteiger partial charge in [0.15, 0.2) is 5.78 Å². The van der Waals surface area contributed by atoms with Crippen LogP contribution in [0.1, 0.15) is 15.9 Å². The average Bonchev–Trinajstić information content (AvgIpc) is 2.32. The molecule has 0 amide bonds. The monoisotopic (exact) mass is 292 g/mol. The first-order valence-corrected chi connectivity index (χ1v) is 5.97. The van der Waals surface area contributed by atoms with E-state index in [0.717, 1.165) is 10.0 Å². The fraction of sp³-hybridized carbons (Fsp3) is 0.0714. The van der Waals surface area contributed by atoms with Crippen molar-refractivity contribution in [1.82, 2.24) is 0 Å². The highest BCUT2D eigenvalue weighted by molar-refractivity contribution is 9.10. The Bertz CT molecular complexity index is 534. The summed E-state index contributed by atoms with van der Waals surface area (Å²) in [4.78, 5) is 11.9.